The van der Waals surface area contributed by atoms with Crippen LogP contribution in [-0.2, 0) is 11.0 Å². The van der Waals surface area contributed by atoms with Gasteiger partial charge in [-0.2, -0.15) is 30.3 Å². The number of rotatable bonds is 3. The maximum absolute atomic E-state index is 6.10. The molecule has 1 aromatic carbocycles. The molecule has 92 valence electrons. The summed E-state index contributed by atoms with van der Waals surface area (Å²) in [5.74, 6) is 0. The average molecular weight is 326 g/mol. The Kier molecular flexibility index (Phi) is 9.33. The van der Waals surface area contributed by atoms with Crippen molar-refractivity contribution in [2.45, 2.75) is 45.5 Å². The summed E-state index contributed by atoms with van der Waals surface area (Å²) in [6.07, 6.45) is 0. The van der Waals surface area contributed by atoms with Gasteiger partial charge in [-0.25, -0.2) is 0 Å². The SMILES string of the molecule is CC(C)(C)[Si](C)(C)OCc1cc[c-]cc1.[Br-].[Mg+2]. The topological polar surface area (TPSA) is 9.23 Å². The fourth-order valence-electron chi connectivity index (χ4n) is 0.998. The molecule has 0 aliphatic rings. The van der Waals surface area contributed by atoms with Gasteiger partial charge in [0.25, 0.3) is 0 Å². The van der Waals surface area contributed by atoms with E-state index in [4.69, 9.17) is 4.43 Å². The molecule has 0 N–H and O–H groups in total. The number of hydrogen-bond acceptors (Lipinski definition) is 1. The number of benzene rings is 1. The Labute approximate surface area is 133 Å². The van der Waals surface area contributed by atoms with E-state index in [0.29, 0.717) is 0 Å². The van der Waals surface area contributed by atoms with E-state index in [1.165, 1.54) is 5.56 Å². The molecule has 1 nitrogen and oxygen atoms in total. The first kappa shape index (κ1) is 20.0. The molecule has 0 amide bonds. The van der Waals surface area contributed by atoms with Crippen LogP contribution in [0.15, 0.2) is 24.3 Å². The van der Waals surface area contributed by atoms with Gasteiger partial charge < -0.3 is 21.4 Å². The third kappa shape index (κ3) is 6.38. The van der Waals surface area contributed by atoms with Crippen LogP contribution in [0.3, 0.4) is 0 Å². The van der Waals surface area contributed by atoms with Crippen LogP contribution < -0.4 is 17.0 Å². The Balaban J connectivity index is 0. The van der Waals surface area contributed by atoms with Gasteiger partial charge in [0, 0.05) is 6.61 Å². The quantitative estimate of drug-likeness (QED) is 0.585. The summed E-state index contributed by atoms with van der Waals surface area (Å²) in [6, 6.07) is 11.0. The van der Waals surface area contributed by atoms with Crippen molar-refractivity contribution in [1.29, 1.82) is 0 Å². The van der Waals surface area contributed by atoms with E-state index in [-0.39, 0.29) is 45.1 Å². The van der Waals surface area contributed by atoms with E-state index in [0.717, 1.165) is 6.61 Å². The van der Waals surface area contributed by atoms with Crippen molar-refractivity contribution in [3.63, 3.8) is 0 Å². The summed E-state index contributed by atoms with van der Waals surface area (Å²) < 4.78 is 6.10. The van der Waals surface area contributed by atoms with Crippen LogP contribution in [-0.4, -0.2) is 31.4 Å². The Morgan fingerprint density at radius 3 is 2.06 bits per heavy atom. The molecule has 17 heavy (non-hydrogen) atoms. The van der Waals surface area contributed by atoms with Crippen molar-refractivity contribution in [3.05, 3.63) is 35.9 Å². The first-order chi connectivity index (χ1) is 6.83. The van der Waals surface area contributed by atoms with Gasteiger partial charge in [-0.1, -0.05) is 20.8 Å². The van der Waals surface area contributed by atoms with Gasteiger partial charge in [0.05, 0.1) is 0 Å². The molecule has 0 saturated carbocycles. The van der Waals surface area contributed by atoms with Crippen molar-refractivity contribution in [2.24, 2.45) is 0 Å². The molecule has 0 atom stereocenters. The summed E-state index contributed by atoms with van der Waals surface area (Å²) in [5, 5.41) is 0.286. The van der Waals surface area contributed by atoms with Crippen molar-refractivity contribution >= 4 is 31.4 Å². The average Bonchev–Trinajstić information content (AvgIpc) is 2.15. The molecule has 0 aromatic heterocycles. The monoisotopic (exact) mass is 324 g/mol. The van der Waals surface area contributed by atoms with E-state index < -0.39 is 8.32 Å². The Bertz CT molecular complexity index is 309. The predicted molar refractivity (Wildman–Crippen MR) is 73.0 cm³/mol. The third-order valence-electron chi connectivity index (χ3n) is 3.19. The second-order valence-corrected chi connectivity index (χ2v) is 10.3. The predicted octanol–water partition coefficient (Wildman–Crippen LogP) is 0.632. The van der Waals surface area contributed by atoms with Crippen LogP contribution in [0.5, 0.6) is 0 Å². The minimum Gasteiger partial charge on any atom is -1.00 e. The van der Waals surface area contributed by atoms with Gasteiger partial charge in [-0.3, -0.25) is 0 Å². The van der Waals surface area contributed by atoms with Crippen LogP contribution in [0.25, 0.3) is 0 Å². The smallest absolute Gasteiger partial charge is 1.00 e. The van der Waals surface area contributed by atoms with E-state index in [2.05, 4.69) is 52.1 Å². The maximum atomic E-state index is 6.10. The molecule has 4 heteroatoms. The molecule has 1 rings (SSSR count). The zero-order valence-corrected chi connectivity index (χ0v) is 15.5. The normalized spacial score (nSPS) is 11.4. The molecular formula is C13H21BrMgOSi. The van der Waals surface area contributed by atoms with Crippen LogP contribution >= 0.6 is 0 Å². The van der Waals surface area contributed by atoms with E-state index in [9.17, 15) is 0 Å². The van der Waals surface area contributed by atoms with Gasteiger partial charge in [0.15, 0.2) is 8.32 Å². The van der Waals surface area contributed by atoms with Crippen molar-refractivity contribution in [1.82, 2.24) is 0 Å². The molecule has 0 bridgehead atoms. The molecule has 1 aromatic rings. The Hall–Kier alpha value is 0.643. The van der Waals surface area contributed by atoms with Gasteiger partial charge in [-0.15, -0.1) is 5.56 Å². The van der Waals surface area contributed by atoms with Crippen LogP contribution in [0, 0.1) is 6.07 Å². The summed E-state index contributed by atoms with van der Waals surface area (Å²) >= 11 is 0. The molecule has 0 heterocycles. The second-order valence-electron chi connectivity index (χ2n) is 5.46. The number of hydrogen-bond donors (Lipinski definition) is 0. The fraction of sp³-hybridized carbons (Fsp3) is 0.538. The Morgan fingerprint density at radius 2 is 1.65 bits per heavy atom. The van der Waals surface area contributed by atoms with Crippen molar-refractivity contribution in [3.8, 4) is 0 Å². The van der Waals surface area contributed by atoms with Crippen molar-refractivity contribution < 1.29 is 21.4 Å². The third-order valence-corrected chi connectivity index (χ3v) is 7.67. The fourth-order valence-corrected chi connectivity index (χ4v) is 1.96. The van der Waals surface area contributed by atoms with E-state index in [1.807, 2.05) is 12.1 Å². The summed E-state index contributed by atoms with van der Waals surface area (Å²) in [4.78, 5) is 0. The molecule has 0 aliphatic heterocycles. The van der Waals surface area contributed by atoms with Gasteiger partial charge in [0.1, 0.15) is 0 Å². The van der Waals surface area contributed by atoms with Gasteiger partial charge in [0.2, 0.25) is 0 Å². The first-order valence-corrected chi connectivity index (χ1v) is 8.33. The zero-order chi connectivity index (χ0) is 11.5. The van der Waals surface area contributed by atoms with Gasteiger partial charge >= 0.3 is 23.1 Å². The first-order valence-electron chi connectivity index (χ1n) is 5.42. The summed E-state index contributed by atoms with van der Waals surface area (Å²) in [5.41, 5.74) is 1.23. The van der Waals surface area contributed by atoms with Crippen molar-refractivity contribution in [2.75, 3.05) is 0 Å². The minimum atomic E-state index is -1.60. The molecule has 0 aliphatic carbocycles. The number of halogens is 1. The zero-order valence-electron chi connectivity index (χ0n) is 11.5. The minimum absolute atomic E-state index is 0. The molecular weight excluding hydrogens is 304 g/mol. The maximum Gasteiger partial charge on any atom is 2.00 e. The standard InChI is InChI=1S/C13H21OSi.BrH.Mg/c1-13(2,3)15(4,5)14-11-12-9-7-6-8-10-12;;/h7-10H,11H2,1-5H3;1H;/q-1;;+2/p-1. The summed E-state index contributed by atoms with van der Waals surface area (Å²) in [7, 11) is -1.60. The van der Waals surface area contributed by atoms with Crippen LogP contribution in [0.2, 0.25) is 18.1 Å². The van der Waals surface area contributed by atoms with E-state index >= 15 is 0 Å². The summed E-state index contributed by atoms with van der Waals surface area (Å²) in [6.45, 7) is 12.1. The molecule has 0 fully saturated rings. The van der Waals surface area contributed by atoms with Gasteiger partial charge in [-0.05, 0) is 18.1 Å². The Morgan fingerprint density at radius 1 is 1.18 bits per heavy atom. The molecule has 0 saturated heterocycles. The van der Waals surface area contributed by atoms with Crippen LogP contribution in [0.1, 0.15) is 26.3 Å². The van der Waals surface area contributed by atoms with E-state index in [1.54, 1.807) is 0 Å². The molecule has 0 unspecified atom stereocenters. The van der Waals surface area contributed by atoms with Crippen LogP contribution in [0.4, 0.5) is 0 Å². The molecule has 0 spiro atoms. The molecule has 0 radical (unpaired) electrons. The second kappa shape index (κ2) is 7.94. The largest absolute Gasteiger partial charge is 2.00 e.